The van der Waals surface area contributed by atoms with Gasteiger partial charge in [0.1, 0.15) is 0 Å². The van der Waals surface area contributed by atoms with Crippen molar-refractivity contribution in [3.05, 3.63) is 22.2 Å². The first kappa shape index (κ1) is 13.6. The van der Waals surface area contributed by atoms with Crippen LogP contribution in [0.5, 0.6) is 5.75 Å². The van der Waals surface area contributed by atoms with Gasteiger partial charge in [0.2, 0.25) is 0 Å². The van der Waals surface area contributed by atoms with Crippen molar-refractivity contribution in [3.63, 3.8) is 0 Å². The normalized spacial score (nSPS) is 19.2. The molecule has 2 rings (SSSR count). The van der Waals surface area contributed by atoms with Gasteiger partial charge >= 0.3 is 6.09 Å². The standard InChI is InChI=1S/C11H11Cl2NO3S/c12-8-3-7(4-9(13)10(8)15)18-6-1-2-14(5-6)11(16)17/h3-4,6,15H,1-2,5H2,(H,16,17). The topological polar surface area (TPSA) is 60.8 Å². The van der Waals surface area contributed by atoms with Gasteiger partial charge in [-0.3, -0.25) is 0 Å². The number of halogens is 2. The highest BCUT2D eigenvalue weighted by Gasteiger charge is 2.26. The second-order valence-electron chi connectivity index (χ2n) is 3.99. The van der Waals surface area contributed by atoms with Crippen molar-refractivity contribution in [2.45, 2.75) is 16.6 Å². The van der Waals surface area contributed by atoms with Crippen LogP contribution in [0.1, 0.15) is 6.42 Å². The highest BCUT2D eigenvalue weighted by atomic mass is 35.5. The number of nitrogens with zero attached hydrogens (tertiary/aromatic N) is 1. The largest absolute Gasteiger partial charge is 0.505 e. The summed E-state index contributed by atoms with van der Waals surface area (Å²) in [5.74, 6) is -0.124. The Hall–Kier alpha value is -0.780. The minimum absolute atomic E-state index is 0.124. The van der Waals surface area contributed by atoms with Crippen molar-refractivity contribution < 1.29 is 15.0 Å². The fraction of sp³-hybridized carbons (Fsp3) is 0.364. The Morgan fingerprint density at radius 2 is 2.00 bits per heavy atom. The Kier molecular flexibility index (Phi) is 4.14. The van der Waals surface area contributed by atoms with E-state index in [1.54, 1.807) is 12.1 Å². The SMILES string of the molecule is O=C(O)N1CCC(Sc2cc(Cl)c(O)c(Cl)c2)C1. The molecule has 4 nitrogen and oxygen atoms in total. The molecule has 1 fully saturated rings. The van der Waals surface area contributed by atoms with Crippen LogP contribution in [0, 0.1) is 0 Å². The molecule has 7 heteroatoms. The van der Waals surface area contributed by atoms with E-state index in [0.717, 1.165) is 11.3 Å². The minimum atomic E-state index is -0.889. The van der Waals surface area contributed by atoms with Gasteiger partial charge in [-0.25, -0.2) is 4.79 Å². The molecule has 0 aromatic heterocycles. The first-order chi connectivity index (χ1) is 8.47. The highest BCUT2D eigenvalue weighted by molar-refractivity contribution is 8.00. The number of phenols is 1. The fourth-order valence-electron chi connectivity index (χ4n) is 1.80. The van der Waals surface area contributed by atoms with Gasteiger partial charge in [0, 0.05) is 23.2 Å². The van der Waals surface area contributed by atoms with Crippen molar-refractivity contribution in [3.8, 4) is 5.75 Å². The predicted molar refractivity (Wildman–Crippen MR) is 72.0 cm³/mol. The molecule has 2 N–H and O–H groups in total. The summed E-state index contributed by atoms with van der Waals surface area (Å²) in [6, 6.07) is 3.27. The lowest BCUT2D eigenvalue weighted by atomic mass is 10.3. The van der Waals surface area contributed by atoms with Gasteiger partial charge in [-0.1, -0.05) is 23.2 Å². The molecule has 0 aliphatic carbocycles. The second-order valence-corrected chi connectivity index (χ2v) is 6.18. The zero-order valence-electron chi connectivity index (χ0n) is 9.27. The third kappa shape index (κ3) is 2.96. The summed E-state index contributed by atoms with van der Waals surface area (Å²) in [5, 5.41) is 18.9. The van der Waals surface area contributed by atoms with Crippen LogP contribution in [0.3, 0.4) is 0 Å². The van der Waals surface area contributed by atoms with Crippen LogP contribution in [-0.2, 0) is 0 Å². The van der Waals surface area contributed by atoms with Crippen molar-refractivity contribution >= 4 is 41.1 Å². The summed E-state index contributed by atoms with van der Waals surface area (Å²) in [4.78, 5) is 13.0. The molecular formula is C11H11Cl2NO3S. The number of carboxylic acid groups (broad SMARTS) is 1. The summed E-state index contributed by atoms with van der Waals surface area (Å²) in [6.45, 7) is 1.04. The minimum Gasteiger partial charge on any atom is -0.505 e. The number of thioether (sulfide) groups is 1. The molecule has 1 atom stereocenters. The van der Waals surface area contributed by atoms with Gasteiger partial charge in [-0.2, -0.15) is 0 Å². The number of rotatable bonds is 2. The summed E-state index contributed by atoms with van der Waals surface area (Å²) >= 11 is 13.2. The van der Waals surface area contributed by atoms with Crippen LogP contribution in [0.2, 0.25) is 10.0 Å². The van der Waals surface area contributed by atoms with Crippen molar-refractivity contribution in [1.29, 1.82) is 0 Å². The number of aromatic hydroxyl groups is 1. The third-order valence-electron chi connectivity index (χ3n) is 2.71. The van der Waals surface area contributed by atoms with Crippen LogP contribution in [0.15, 0.2) is 17.0 Å². The zero-order valence-corrected chi connectivity index (χ0v) is 11.6. The van der Waals surface area contributed by atoms with E-state index in [1.807, 2.05) is 0 Å². The van der Waals surface area contributed by atoms with Gasteiger partial charge in [0.15, 0.2) is 5.75 Å². The monoisotopic (exact) mass is 307 g/mol. The smallest absolute Gasteiger partial charge is 0.407 e. The molecule has 0 bridgehead atoms. The molecule has 1 saturated heterocycles. The van der Waals surface area contributed by atoms with E-state index in [2.05, 4.69) is 0 Å². The summed E-state index contributed by atoms with van der Waals surface area (Å²) in [5.41, 5.74) is 0. The van der Waals surface area contributed by atoms with Crippen molar-refractivity contribution in [2.75, 3.05) is 13.1 Å². The van der Waals surface area contributed by atoms with E-state index in [-0.39, 0.29) is 21.0 Å². The van der Waals surface area contributed by atoms with Gasteiger partial charge < -0.3 is 15.1 Å². The molecular weight excluding hydrogens is 297 g/mol. The van der Waals surface area contributed by atoms with Crippen LogP contribution in [0.25, 0.3) is 0 Å². The van der Waals surface area contributed by atoms with E-state index in [0.29, 0.717) is 13.1 Å². The highest BCUT2D eigenvalue weighted by Crippen LogP contribution is 2.38. The lowest BCUT2D eigenvalue weighted by Gasteiger charge is -2.12. The van der Waals surface area contributed by atoms with Gasteiger partial charge in [-0.05, 0) is 18.6 Å². The average molecular weight is 308 g/mol. The van der Waals surface area contributed by atoms with Crippen LogP contribution in [0.4, 0.5) is 4.79 Å². The molecule has 1 aromatic carbocycles. The van der Waals surface area contributed by atoms with E-state index >= 15 is 0 Å². The Morgan fingerprint density at radius 1 is 1.39 bits per heavy atom. The Morgan fingerprint density at radius 3 is 2.50 bits per heavy atom. The number of hydrogen-bond donors (Lipinski definition) is 2. The van der Waals surface area contributed by atoms with Crippen LogP contribution in [-0.4, -0.2) is 39.5 Å². The first-order valence-corrected chi connectivity index (χ1v) is 6.93. The predicted octanol–water partition coefficient (Wildman–Crippen LogP) is 3.54. The maximum absolute atomic E-state index is 10.8. The second kappa shape index (κ2) is 5.47. The van der Waals surface area contributed by atoms with Gasteiger partial charge in [0.25, 0.3) is 0 Å². The van der Waals surface area contributed by atoms with E-state index in [1.165, 1.54) is 16.7 Å². The summed E-state index contributed by atoms with van der Waals surface area (Å²) in [6.07, 6.45) is -0.0903. The maximum atomic E-state index is 10.8. The number of carbonyl (C=O) groups is 1. The molecule has 1 amide bonds. The molecule has 0 saturated carbocycles. The number of phenolic OH excluding ortho intramolecular Hbond substituents is 1. The Balaban J connectivity index is 2.05. The molecule has 1 aliphatic heterocycles. The number of hydrogen-bond acceptors (Lipinski definition) is 3. The molecule has 1 aromatic rings. The molecule has 0 spiro atoms. The van der Waals surface area contributed by atoms with Crippen molar-refractivity contribution in [1.82, 2.24) is 4.90 Å². The third-order valence-corrected chi connectivity index (χ3v) is 4.51. The van der Waals surface area contributed by atoms with Crippen LogP contribution >= 0.6 is 35.0 Å². The van der Waals surface area contributed by atoms with Gasteiger partial charge in [0.05, 0.1) is 10.0 Å². The molecule has 18 heavy (non-hydrogen) atoms. The fourth-order valence-corrected chi connectivity index (χ4v) is 3.65. The van der Waals surface area contributed by atoms with E-state index < -0.39 is 6.09 Å². The Bertz CT molecular complexity index is 460. The number of amides is 1. The average Bonchev–Trinajstić information content (AvgIpc) is 2.74. The lowest BCUT2D eigenvalue weighted by Crippen LogP contribution is -2.26. The maximum Gasteiger partial charge on any atom is 0.407 e. The lowest BCUT2D eigenvalue weighted by molar-refractivity contribution is 0.156. The number of benzene rings is 1. The molecule has 0 radical (unpaired) electrons. The van der Waals surface area contributed by atoms with E-state index in [9.17, 15) is 9.90 Å². The molecule has 1 aliphatic rings. The molecule has 98 valence electrons. The summed E-state index contributed by atoms with van der Waals surface area (Å²) < 4.78 is 0. The van der Waals surface area contributed by atoms with Gasteiger partial charge in [-0.15, -0.1) is 11.8 Å². The Labute approximate surface area is 118 Å². The molecule has 1 unspecified atom stereocenters. The molecule has 1 heterocycles. The van der Waals surface area contributed by atoms with E-state index in [4.69, 9.17) is 28.3 Å². The van der Waals surface area contributed by atoms with Crippen molar-refractivity contribution in [2.24, 2.45) is 0 Å². The quantitative estimate of drug-likeness (QED) is 0.877. The first-order valence-electron chi connectivity index (χ1n) is 5.30. The van der Waals surface area contributed by atoms with Crippen LogP contribution < -0.4 is 0 Å². The number of likely N-dealkylation sites (tertiary alicyclic amines) is 1. The summed E-state index contributed by atoms with van der Waals surface area (Å²) in [7, 11) is 0. The zero-order chi connectivity index (χ0) is 13.3.